The van der Waals surface area contributed by atoms with E-state index in [1.807, 2.05) is 0 Å². The van der Waals surface area contributed by atoms with Crippen LogP contribution in [0, 0.1) is 12.0 Å². The minimum Gasteiger partial charge on any atom is -0.359 e. The zero-order valence-corrected chi connectivity index (χ0v) is 5.51. The molecule has 5 nitrogen and oxygen atoms in total. The van der Waals surface area contributed by atoms with E-state index in [4.69, 9.17) is 17.5 Å². The van der Waals surface area contributed by atoms with E-state index in [-0.39, 0.29) is 0 Å². The monoisotopic (exact) mass is 153 g/mol. The molecule has 0 saturated carbocycles. The van der Waals surface area contributed by atoms with Crippen molar-refractivity contribution in [1.29, 1.82) is 0 Å². The second kappa shape index (κ2) is 5.37. The molecule has 0 aromatic carbocycles. The Kier molecular flexibility index (Phi) is 6.61. The average molecular weight is 153 g/mol. The van der Waals surface area contributed by atoms with Crippen LogP contribution < -0.4 is 5.73 Å². The Hall–Kier alpha value is -0.770. The molecule has 0 heterocycles. The summed E-state index contributed by atoms with van der Waals surface area (Å²) >= 11 is 0. The van der Waals surface area contributed by atoms with Gasteiger partial charge in [0.1, 0.15) is 0 Å². The summed E-state index contributed by atoms with van der Waals surface area (Å²) in [5, 5.41) is 0. The molecule has 9 heavy (non-hydrogen) atoms. The summed E-state index contributed by atoms with van der Waals surface area (Å²) in [5.74, 6) is 2.46. The first-order chi connectivity index (χ1) is 3.91. The van der Waals surface area contributed by atoms with Crippen LogP contribution in [-0.4, -0.2) is 17.5 Å². The fraction of sp³-hybridized carbons (Fsp3) is 0.333. The van der Waals surface area contributed by atoms with Gasteiger partial charge in [-0.3, -0.25) is 9.11 Å². The van der Waals surface area contributed by atoms with Crippen LogP contribution in [0.2, 0.25) is 0 Å². The molecule has 0 aliphatic carbocycles. The van der Waals surface area contributed by atoms with Gasteiger partial charge in [-0.25, -0.2) is 0 Å². The molecule has 0 amide bonds. The Morgan fingerprint density at radius 2 is 1.56 bits per heavy atom. The van der Waals surface area contributed by atoms with Crippen molar-refractivity contribution in [2.45, 2.75) is 6.92 Å². The molecule has 54 valence electrons. The molecule has 0 aromatic heterocycles. The minimum absolute atomic E-state index is 1.69. The number of hydrogen-bond donors (Lipinski definition) is 3. The molecular weight excluding hydrogens is 146 g/mol. The van der Waals surface area contributed by atoms with Crippen LogP contribution in [-0.2, 0) is 10.4 Å². The molecule has 6 heteroatoms. The van der Waals surface area contributed by atoms with Crippen LogP contribution in [0.3, 0.4) is 0 Å². The van der Waals surface area contributed by atoms with Crippen LogP contribution in [0.4, 0.5) is 0 Å². The Bertz CT molecular complexity index is 182. The second-order valence-corrected chi connectivity index (χ2v) is 1.74. The average Bonchev–Trinajstić information content (AvgIpc) is 1.61. The van der Waals surface area contributed by atoms with E-state index in [1.165, 1.54) is 0 Å². The molecule has 0 spiro atoms. The lowest BCUT2D eigenvalue weighted by Gasteiger charge is -1.68. The van der Waals surface area contributed by atoms with Crippen molar-refractivity contribution in [2.24, 2.45) is 5.73 Å². The van der Waals surface area contributed by atoms with Gasteiger partial charge in [-0.2, -0.15) is 8.42 Å². The maximum Gasteiger partial charge on any atom is 0.394 e. The molecule has 0 fully saturated rings. The molecule has 0 radical (unpaired) electrons. The summed E-state index contributed by atoms with van der Waals surface area (Å²) in [4.78, 5) is 0. The predicted molar refractivity (Wildman–Crippen MR) is 31.8 cm³/mol. The van der Waals surface area contributed by atoms with Crippen LogP contribution >= 0.6 is 0 Å². The molecule has 0 aliphatic heterocycles. The van der Waals surface area contributed by atoms with Gasteiger partial charge < -0.3 is 5.73 Å². The van der Waals surface area contributed by atoms with Gasteiger partial charge in [0.05, 0.1) is 0 Å². The van der Waals surface area contributed by atoms with Crippen LogP contribution in [0.1, 0.15) is 6.92 Å². The van der Waals surface area contributed by atoms with Crippen molar-refractivity contribution in [2.75, 3.05) is 0 Å². The Morgan fingerprint density at radius 1 is 1.44 bits per heavy atom. The maximum atomic E-state index is 8.74. The molecule has 0 saturated heterocycles. The number of rotatable bonds is 0. The number of nitrogens with two attached hydrogens (primary N) is 1. The summed E-state index contributed by atoms with van der Waals surface area (Å²) in [6.07, 6.45) is 0. The smallest absolute Gasteiger partial charge is 0.359 e. The quantitative estimate of drug-likeness (QED) is 0.242. The third-order valence-electron chi connectivity index (χ3n) is 0.144. The van der Waals surface area contributed by atoms with Gasteiger partial charge in [-0.15, -0.1) is 0 Å². The van der Waals surface area contributed by atoms with Crippen LogP contribution in [0.25, 0.3) is 0 Å². The third kappa shape index (κ3) is 3740. The minimum atomic E-state index is -4.67. The summed E-state index contributed by atoms with van der Waals surface area (Å²) in [5.41, 5.74) is 4.67. The van der Waals surface area contributed by atoms with Crippen molar-refractivity contribution in [3.05, 3.63) is 0 Å². The van der Waals surface area contributed by atoms with E-state index in [0.717, 1.165) is 0 Å². The van der Waals surface area contributed by atoms with Gasteiger partial charge in [-0.05, 0) is 6.92 Å². The molecule has 0 rings (SSSR count). The first-order valence-electron chi connectivity index (χ1n) is 1.74. The van der Waals surface area contributed by atoms with E-state index in [0.29, 0.717) is 0 Å². The summed E-state index contributed by atoms with van der Waals surface area (Å²) in [6, 6.07) is 2.18. The highest BCUT2D eigenvalue weighted by Gasteiger charge is 1.84. The van der Waals surface area contributed by atoms with E-state index in [2.05, 4.69) is 17.7 Å². The topological polar surface area (TPSA) is 101 Å². The second-order valence-electron chi connectivity index (χ2n) is 0.842. The summed E-state index contributed by atoms with van der Waals surface area (Å²) in [6.45, 7) is 1.69. The SMILES string of the molecule is CC#CN.O=S(=O)(O)O. The molecule has 0 bridgehead atoms. The van der Waals surface area contributed by atoms with Gasteiger partial charge in [0.15, 0.2) is 0 Å². The number of hydrogen-bond acceptors (Lipinski definition) is 3. The first-order valence-corrected chi connectivity index (χ1v) is 3.13. The molecule has 0 aliphatic rings. The standard InChI is InChI=1S/C3H5N.H2O4S/c1-2-3-4;1-5(2,3)4/h4H2,1H3;(H2,1,2,3,4). The van der Waals surface area contributed by atoms with E-state index < -0.39 is 10.4 Å². The first kappa shape index (κ1) is 11.1. The largest absolute Gasteiger partial charge is 0.394 e. The molecule has 0 atom stereocenters. The Labute approximate surface area is 53.4 Å². The molecule has 0 aromatic rings. The van der Waals surface area contributed by atoms with Crippen LogP contribution in [0.15, 0.2) is 0 Å². The van der Waals surface area contributed by atoms with Crippen molar-refractivity contribution < 1.29 is 17.5 Å². The predicted octanol–water partition coefficient (Wildman–Crippen LogP) is -0.727. The van der Waals surface area contributed by atoms with Crippen molar-refractivity contribution in [3.8, 4) is 12.0 Å². The Morgan fingerprint density at radius 3 is 1.56 bits per heavy atom. The summed E-state index contributed by atoms with van der Waals surface area (Å²) in [7, 11) is -4.67. The highest BCUT2D eigenvalue weighted by Crippen LogP contribution is 1.59. The van der Waals surface area contributed by atoms with Crippen molar-refractivity contribution in [1.82, 2.24) is 0 Å². The maximum absolute atomic E-state index is 8.74. The van der Waals surface area contributed by atoms with Gasteiger partial charge in [-0.1, -0.05) is 5.92 Å². The van der Waals surface area contributed by atoms with Crippen molar-refractivity contribution >= 4 is 10.4 Å². The van der Waals surface area contributed by atoms with Gasteiger partial charge in [0, 0.05) is 6.04 Å². The Balaban J connectivity index is 0. The molecular formula is C3H7NO4S. The van der Waals surface area contributed by atoms with Crippen molar-refractivity contribution in [3.63, 3.8) is 0 Å². The lowest BCUT2D eigenvalue weighted by atomic mass is 10.8. The third-order valence-corrected chi connectivity index (χ3v) is 0.144. The van der Waals surface area contributed by atoms with Gasteiger partial charge in [0.2, 0.25) is 0 Å². The summed E-state index contributed by atoms with van der Waals surface area (Å²) < 4.78 is 31.6. The van der Waals surface area contributed by atoms with Gasteiger partial charge in [0.25, 0.3) is 0 Å². The fourth-order valence-corrected chi connectivity index (χ4v) is 0. The fourth-order valence-electron chi connectivity index (χ4n) is 0. The zero-order valence-electron chi connectivity index (χ0n) is 4.70. The normalized spacial score (nSPS) is 7.89. The van der Waals surface area contributed by atoms with Crippen LogP contribution in [0.5, 0.6) is 0 Å². The lowest BCUT2D eigenvalue weighted by molar-refractivity contribution is 0.381. The lowest BCUT2D eigenvalue weighted by Crippen LogP contribution is -1.89. The zero-order chi connectivity index (χ0) is 7.91. The van der Waals surface area contributed by atoms with E-state index >= 15 is 0 Å². The van der Waals surface area contributed by atoms with Gasteiger partial charge >= 0.3 is 10.4 Å². The van der Waals surface area contributed by atoms with E-state index in [1.54, 1.807) is 6.92 Å². The molecule has 4 N–H and O–H groups in total. The van der Waals surface area contributed by atoms with E-state index in [9.17, 15) is 0 Å². The highest BCUT2D eigenvalue weighted by atomic mass is 32.3. The highest BCUT2D eigenvalue weighted by molar-refractivity contribution is 7.79. The molecule has 0 unspecified atom stereocenters.